The number of ketones is 1. The van der Waals surface area contributed by atoms with Crippen LogP contribution in [0.15, 0.2) is 42.7 Å². The Kier molecular flexibility index (Phi) is 6.73. The number of rotatable bonds is 5. The van der Waals surface area contributed by atoms with Gasteiger partial charge in [0.25, 0.3) is 0 Å². The summed E-state index contributed by atoms with van der Waals surface area (Å²) in [5.74, 6) is 0.965. The van der Waals surface area contributed by atoms with Crippen LogP contribution in [0, 0.1) is 13.8 Å². The Labute approximate surface area is 155 Å². The fraction of sp³-hybridized carbons (Fsp3) is 0.429. The van der Waals surface area contributed by atoms with Crippen molar-refractivity contribution >= 4 is 5.78 Å². The smallest absolute Gasteiger partial charge is 0.206 e. The molecule has 0 amide bonds. The minimum Gasteiger partial charge on any atom is -1.00 e. The third-order valence-corrected chi connectivity index (χ3v) is 5.09. The van der Waals surface area contributed by atoms with Crippen LogP contribution >= 0.6 is 0 Å². The second kappa shape index (κ2) is 8.57. The van der Waals surface area contributed by atoms with Crippen molar-refractivity contribution in [2.24, 2.45) is 0 Å². The summed E-state index contributed by atoms with van der Waals surface area (Å²) in [5, 5.41) is 0. The van der Waals surface area contributed by atoms with E-state index in [9.17, 15) is 4.79 Å². The summed E-state index contributed by atoms with van der Waals surface area (Å²) in [7, 11) is 0. The van der Waals surface area contributed by atoms with Gasteiger partial charge in [0, 0.05) is 18.1 Å². The van der Waals surface area contributed by atoms with Crippen LogP contribution in [0.4, 0.5) is 0 Å². The molecule has 0 radical (unpaired) electrons. The monoisotopic (exact) mass is 387 g/mol. The van der Waals surface area contributed by atoms with Crippen LogP contribution in [-0.2, 0) is 17.8 Å². The van der Waals surface area contributed by atoms with E-state index in [1.807, 2.05) is 6.20 Å². The maximum absolute atomic E-state index is 12.5. The molecule has 1 aliphatic rings. The van der Waals surface area contributed by atoms with Crippen molar-refractivity contribution in [3.63, 3.8) is 0 Å². The first-order valence-electron chi connectivity index (χ1n) is 8.69. The predicted octanol–water partition coefficient (Wildman–Crippen LogP) is 1.06. The second-order valence-corrected chi connectivity index (χ2v) is 6.88. The molecule has 24 heavy (non-hydrogen) atoms. The topological polar surface area (TPSA) is 20.9 Å². The van der Waals surface area contributed by atoms with Crippen LogP contribution in [0.2, 0.25) is 0 Å². The molecule has 1 aliphatic carbocycles. The molecule has 0 unspecified atom stereocenters. The van der Waals surface area contributed by atoms with E-state index in [-0.39, 0.29) is 22.8 Å². The summed E-state index contributed by atoms with van der Waals surface area (Å²) in [5.41, 5.74) is 5.00. The third kappa shape index (κ3) is 4.54. The van der Waals surface area contributed by atoms with Crippen molar-refractivity contribution in [1.82, 2.24) is 0 Å². The lowest BCUT2D eigenvalue weighted by Crippen LogP contribution is -3.00. The zero-order valence-corrected chi connectivity index (χ0v) is 16.2. The van der Waals surface area contributed by atoms with E-state index >= 15 is 0 Å². The van der Waals surface area contributed by atoms with E-state index in [2.05, 4.69) is 54.9 Å². The molecule has 0 atom stereocenters. The van der Waals surface area contributed by atoms with Crippen molar-refractivity contribution < 1.29 is 26.3 Å². The van der Waals surface area contributed by atoms with Gasteiger partial charge in [-0.25, -0.2) is 0 Å². The van der Waals surface area contributed by atoms with E-state index in [1.165, 1.54) is 47.9 Å². The lowest BCUT2D eigenvalue weighted by atomic mass is 9.98. The number of halogens is 1. The van der Waals surface area contributed by atoms with E-state index < -0.39 is 0 Å². The standard InChI is InChI=1S/C21H26NO.BrH/c1-16-7-5-8-17(2)21(16)13-20(23)15-22-12-6-11-19(14-22)18-9-3-4-10-18;/h5-8,11-12,14,18H,3-4,9-10,13,15H2,1-2H3;1H/q+1;/p-1. The van der Waals surface area contributed by atoms with Gasteiger partial charge in [0.2, 0.25) is 12.3 Å². The average Bonchev–Trinajstić information content (AvgIpc) is 3.06. The van der Waals surface area contributed by atoms with Gasteiger partial charge in [-0.05, 0) is 55.4 Å². The summed E-state index contributed by atoms with van der Waals surface area (Å²) in [6.45, 7) is 4.64. The Morgan fingerprint density at radius 1 is 1.08 bits per heavy atom. The number of carbonyl (C=O) groups excluding carboxylic acids is 1. The number of aromatic nitrogens is 1. The quantitative estimate of drug-likeness (QED) is 0.702. The molecule has 0 aliphatic heterocycles. The molecule has 1 aromatic carbocycles. The Balaban J connectivity index is 0.00000208. The molecular weight excluding hydrogens is 362 g/mol. The molecular formula is C21H26BrNO. The van der Waals surface area contributed by atoms with Crippen LogP contribution in [0.1, 0.15) is 53.9 Å². The van der Waals surface area contributed by atoms with E-state index in [4.69, 9.17) is 0 Å². The van der Waals surface area contributed by atoms with Crippen LogP contribution < -0.4 is 21.5 Å². The molecule has 0 saturated heterocycles. The zero-order valence-electron chi connectivity index (χ0n) is 14.6. The molecule has 2 aromatic rings. The maximum atomic E-state index is 12.5. The lowest BCUT2D eigenvalue weighted by molar-refractivity contribution is -0.684. The van der Waals surface area contributed by atoms with Crippen LogP contribution in [0.3, 0.4) is 0 Å². The second-order valence-electron chi connectivity index (χ2n) is 6.88. The summed E-state index contributed by atoms with van der Waals surface area (Å²) in [6, 6.07) is 10.5. The lowest BCUT2D eigenvalue weighted by Gasteiger charge is -2.09. The van der Waals surface area contributed by atoms with Crippen molar-refractivity contribution in [2.45, 2.75) is 58.4 Å². The summed E-state index contributed by atoms with van der Waals surface area (Å²) in [4.78, 5) is 12.5. The number of pyridine rings is 1. The molecule has 1 fully saturated rings. The SMILES string of the molecule is Cc1cccc(C)c1CC(=O)C[n+]1cccc(C2CCCC2)c1.[Br-]. The van der Waals surface area contributed by atoms with E-state index in [0.717, 1.165) is 0 Å². The Morgan fingerprint density at radius 2 is 1.75 bits per heavy atom. The van der Waals surface area contributed by atoms with Gasteiger partial charge in [0.15, 0.2) is 12.4 Å². The number of aryl methyl sites for hydroxylation is 2. The fourth-order valence-corrected chi connectivity index (χ4v) is 3.73. The molecule has 0 N–H and O–H groups in total. The van der Waals surface area contributed by atoms with Gasteiger partial charge >= 0.3 is 0 Å². The van der Waals surface area contributed by atoms with E-state index in [1.54, 1.807) is 0 Å². The molecule has 0 spiro atoms. The van der Waals surface area contributed by atoms with Crippen LogP contribution in [0.5, 0.6) is 0 Å². The largest absolute Gasteiger partial charge is 1.00 e. The first kappa shape index (κ1) is 18.9. The van der Waals surface area contributed by atoms with Crippen molar-refractivity contribution in [3.05, 3.63) is 65.0 Å². The summed E-state index contributed by atoms with van der Waals surface area (Å²) >= 11 is 0. The molecule has 3 rings (SSSR count). The van der Waals surface area contributed by atoms with Gasteiger partial charge in [0.05, 0.1) is 0 Å². The molecule has 2 nitrogen and oxygen atoms in total. The highest BCUT2D eigenvalue weighted by Crippen LogP contribution is 2.33. The number of benzene rings is 1. The number of hydrogen-bond donors (Lipinski definition) is 0. The van der Waals surface area contributed by atoms with E-state index in [0.29, 0.717) is 18.9 Å². The molecule has 0 bridgehead atoms. The highest BCUT2D eigenvalue weighted by molar-refractivity contribution is 5.80. The minimum absolute atomic E-state index is 0. The predicted molar refractivity (Wildman–Crippen MR) is 92.5 cm³/mol. The highest BCUT2D eigenvalue weighted by atomic mass is 79.9. The Morgan fingerprint density at radius 3 is 2.42 bits per heavy atom. The van der Waals surface area contributed by atoms with Gasteiger partial charge in [-0.15, -0.1) is 0 Å². The van der Waals surface area contributed by atoms with Crippen molar-refractivity contribution in [3.8, 4) is 0 Å². The van der Waals surface area contributed by atoms with Crippen molar-refractivity contribution in [1.29, 1.82) is 0 Å². The molecule has 3 heteroatoms. The third-order valence-electron chi connectivity index (χ3n) is 5.09. The molecule has 1 saturated carbocycles. The van der Waals surface area contributed by atoms with Gasteiger partial charge in [0.1, 0.15) is 0 Å². The van der Waals surface area contributed by atoms with Crippen LogP contribution in [0.25, 0.3) is 0 Å². The van der Waals surface area contributed by atoms with Gasteiger partial charge < -0.3 is 17.0 Å². The summed E-state index contributed by atoms with van der Waals surface area (Å²) < 4.78 is 2.06. The van der Waals surface area contributed by atoms with Crippen LogP contribution in [-0.4, -0.2) is 5.78 Å². The molecule has 1 aromatic heterocycles. The number of carbonyl (C=O) groups is 1. The summed E-state index contributed by atoms with van der Waals surface area (Å²) in [6.07, 6.45) is 9.98. The molecule has 128 valence electrons. The van der Waals surface area contributed by atoms with Gasteiger partial charge in [-0.2, -0.15) is 4.57 Å². The number of Topliss-reactive ketones (excluding diaryl/α,β-unsaturated/α-hetero) is 1. The van der Waals surface area contributed by atoms with Crippen molar-refractivity contribution in [2.75, 3.05) is 0 Å². The normalized spacial score (nSPS) is 14.4. The fourth-order valence-electron chi connectivity index (χ4n) is 3.73. The molecule has 1 heterocycles. The Hall–Kier alpha value is -1.48. The zero-order chi connectivity index (χ0) is 16.2. The minimum atomic E-state index is 0. The van der Waals surface area contributed by atoms with Gasteiger partial charge in [-0.1, -0.05) is 31.0 Å². The maximum Gasteiger partial charge on any atom is 0.206 e. The average molecular weight is 388 g/mol. The van der Waals surface area contributed by atoms with Gasteiger partial charge in [-0.3, -0.25) is 4.79 Å². The Bertz CT molecular complexity index is 684. The first-order valence-corrected chi connectivity index (χ1v) is 8.69. The first-order chi connectivity index (χ1) is 11.1. The number of nitrogens with zero attached hydrogens (tertiary/aromatic N) is 1. The highest BCUT2D eigenvalue weighted by Gasteiger charge is 2.20. The number of hydrogen-bond acceptors (Lipinski definition) is 1.